The minimum Gasteiger partial charge on any atom is -0.478 e. The Bertz CT molecular complexity index is 1120. The van der Waals surface area contributed by atoms with Crippen LogP contribution in [0.4, 0.5) is 5.69 Å². The molecule has 0 radical (unpaired) electrons. The number of amides is 1. The van der Waals surface area contributed by atoms with Gasteiger partial charge in [-0.2, -0.15) is 0 Å². The zero-order valence-electron chi connectivity index (χ0n) is 15.9. The fourth-order valence-corrected chi connectivity index (χ4v) is 3.29. The number of pyridine rings is 2. The zero-order chi connectivity index (χ0) is 21.8. The number of anilines is 1. The van der Waals surface area contributed by atoms with E-state index in [1.165, 1.54) is 19.2 Å². The van der Waals surface area contributed by atoms with Crippen molar-refractivity contribution in [1.29, 1.82) is 0 Å². The van der Waals surface area contributed by atoms with Crippen LogP contribution in [0.15, 0.2) is 36.5 Å². The van der Waals surface area contributed by atoms with Gasteiger partial charge in [0.25, 0.3) is 5.91 Å². The molecule has 0 bridgehead atoms. The van der Waals surface area contributed by atoms with Crippen LogP contribution in [-0.2, 0) is 14.3 Å². The van der Waals surface area contributed by atoms with E-state index in [1.807, 2.05) is 0 Å². The molecule has 3 aromatic rings. The van der Waals surface area contributed by atoms with E-state index in [1.54, 1.807) is 31.2 Å². The highest BCUT2D eigenvalue weighted by Crippen LogP contribution is 2.37. The van der Waals surface area contributed by atoms with E-state index in [0.717, 1.165) is 5.69 Å². The quantitative estimate of drug-likeness (QED) is 0.411. The number of halogens is 3. The molecule has 1 unspecified atom stereocenters. The lowest BCUT2D eigenvalue weighted by molar-refractivity contribution is -0.155. The number of carbonyl (C=O) groups excluding carboxylic acids is 2. The standard InChI is InChI=1S/C20H16Cl3N3O4/c1-10-5-6-12-13(21)8-14(22)18(17(12)25-10)29-9-16(27)30-11(2)20(28)26-15-4-3-7-24-19(15)23/h3-8,11H,9H2,1-2H3,(H,26,28). The fourth-order valence-electron chi connectivity index (χ4n) is 2.56. The molecule has 0 aliphatic heterocycles. The number of aromatic nitrogens is 2. The number of carbonyl (C=O) groups is 2. The molecule has 2 heterocycles. The monoisotopic (exact) mass is 467 g/mol. The van der Waals surface area contributed by atoms with Crippen LogP contribution in [0.1, 0.15) is 12.6 Å². The van der Waals surface area contributed by atoms with Gasteiger partial charge >= 0.3 is 5.97 Å². The van der Waals surface area contributed by atoms with Crippen LogP contribution >= 0.6 is 34.8 Å². The number of benzene rings is 1. The van der Waals surface area contributed by atoms with Crippen molar-refractivity contribution in [3.63, 3.8) is 0 Å². The molecule has 3 rings (SSSR count). The van der Waals surface area contributed by atoms with Gasteiger partial charge in [0.15, 0.2) is 23.6 Å². The van der Waals surface area contributed by atoms with Gasteiger partial charge in [-0.1, -0.05) is 34.8 Å². The van der Waals surface area contributed by atoms with Crippen LogP contribution in [0.3, 0.4) is 0 Å². The molecule has 1 atom stereocenters. The molecule has 0 saturated heterocycles. The lowest BCUT2D eigenvalue weighted by Crippen LogP contribution is -2.31. The van der Waals surface area contributed by atoms with Crippen molar-refractivity contribution in [3.05, 3.63) is 57.4 Å². The summed E-state index contributed by atoms with van der Waals surface area (Å²) in [5, 5.41) is 3.92. The first-order valence-electron chi connectivity index (χ1n) is 8.75. The molecular weight excluding hydrogens is 453 g/mol. The van der Waals surface area contributed by atoms with Gasteiger partial charge in [-0.15, -0.1) is 0 Å². The topological polar surface area (TPSA) is 90.4 Å². The van der Waals surface area contributed by atoms with Crippen molar-refractivity contribution >= 4 is 63.3 Å². The summed E-state index contributed by atoms with van der Waals surface area (Å²) >= 11 is 18.3. The first-order valence-corrected chi connectivity index (χ1v) is 9.88. The van der Waals surface area contributed by atoms with Crippen LogP contribution in [-0.4, -0.2) is 34.6 Å². The number of ether oxygens (including phenoxy) is 2. The minimum atomic E-state index is -1.09. The van der Waals surface area contributed by atoms with Crippen molar-refractivity contribution in [2.75, 3.05) is 11.9 Å². The van der Waals surface area contributed by atoms with Gasteiger partial charge in [0.05, 0.1) is 15.7 Å². The molecule has 0 spiro atoms. The number of fused-ring (bicyclic) bond motifs is 1. The van der Waals surface area contributed by atoms with Gasteiger partial charge in [-0.05, 0) is 44.2 Å². The Balaban J connectivity index is 1.65. The number of aryl methyl sites for hydroxylation is 1. The third kappa shape index (κ3) is 5.11. The second-order valence-electron chi connectivity index (χ2n) is 6.27. The molecule has 1 amide bonds. The highest BCUT2D eigenvalue weighted by molar-refractivity contribution is 6.39. The van der Waals surface area contributed by atoms with E-state index < -0.39 is 24.6 Å². The average molecular weight is 469 g/mol. The van der Waals surface area contributed by atoms with Crippen LogP contribution in [0, 0.1) is 6.92 Å². The van der Waals surface area contributed by atoms with Crippen molar-refractivity contribution < 1.29 is 19.1 Å². The van der Waals surface area contributed by atoms with Gasteiger partial charge in [0, 0.05) is 17.3 Å². The van der Waals surface area contributed by atoms with E-state index in [-0.39, 0.29) is 15.9 Å². The molecule has 1 aromatic carbocycles. The van der Waals surface area contributed by atoms with Gasteiger partial charge in [0.2, 0.25) is 0 Å². The Hall–Kier alpha value is -2.61. The van der Waals surface area contributed by atoms with Crippen molar-refractivity contribution in [2.24, 2.45) is 0 Å². The third-order valence-electron chi connectivity index (χ3n) is 4.01. The summed E-state index contributed by atoms with van der Waals surface area (Å²) in [6.07, 6.45) is 0.399. The number of esters is 1. The zero-order valence-corrected chi connectivity index (χ0v) is 18.2. The van der Waals surface area contributed by atoms with Gasteiger partial charge in [-0.25, -0.2) is 14.8 Å². The SMILES string of the molecule is Cc1ccc2c(Cl)cc(Cl)c(OCC(=O)OC(C)C(=O)Nc3cccnc3Cl)c2n1. The average Bonchev–Trinajstić information content (AvgIpc) is 2.69. The predicted molar refractivity (Wildman–Crippen MR) is 115 cm³/mol. The first kappa shape index (κ1) is 22.1. The number of nitrogens with one attached hydrogen (secondary N) is 1. The summed E-state index contributed by atoms with van der Waals surface area (Å²) in [4.78, 5) is 32.6. The molecule has 2 aromatic heterocycles. The molecule has 156 valence electrons. The van der Waals surface area contributed by atoms with Crippen molar-refractivity contribution in [2.45, 2.75) is 20.0 Å². The lowest BCUT2D eigenvalue weighted by atomic mass is 10.2. The van der Waals surface area contributed by atoms with Crippen molar-refractivity contribution in [1.82, 2.24) is 9.97 Å². The van der Waals surface area contributed by atoms with E-state index in [2.05, 4.69) is 15.3 Å². The molecule has 30 heavy (non-hydrogen) atoms. The highest BCUT2D eigenvalue weighted by atomic mass is 35.5. The molecule has 0 fully saturated rings. The lowest BCUT2D eigenvalue weighted by Gasteiger charge is -2.15. The van der Waals surface area contributed by atoms with E-state index in [9.17, 15) is 9.59 Å². The number of nitrogens with zero attached hydrogens (tertiary/aromatic N) is 2. The van der Waals surface area contributed by atoms with Crippen LogP contribution in [0.25, 0.3) is 10.9 Å². The maximum absolute atomic E-state index is 12.2. The Morgan fingerprint density at radius 1 is 1.17 bits per heavy atom. The first-order chi connectivity index (χ1) is 14.3. The Morgan fingerprint density at radius 3 is 2.67 bits per heavy atom. The summed E-state index contributed by atoms with van der Waals surface area (Å²) in [5.74, 6) is -1.12. The Labute approximate surface area is 187 Å². The second-order valence-corrected chi connectivity index (χ2v) is 7.44. The van der Waals surface area contributed by atoms with Crippen molar-refractivity contribution in [3.8, 4) is 5.75 Å². The summed E-state index contributed by atoms with van der Waals surface area (Å²) in [6.45, 7) is 2.76. The summed E-state index contributed by atoms with van der Waals surface area (Å²) in [6, 6.07) is 8.29. The molecule has 10 heteroatoms. The number of rotatable bonds is 6. The summed E-state index contributed by atoms with van der Waals surface area (Å²) < 4.78 is 10.7. The van der Waals surface area contributed by atoms with Gasteiger partial charge < -0.3 is 14.8 Å². The number of hydrogen-bond acceptors (Lipinski definition) is 6. The molecule has 1 N–H and O–H groups in total. The molecule has 0 aliphatic carbocycles. The largest absolute Gasteiger partial charge is 0.478 e. The smallest absolute Gasteiger partial charge is 0.344 e. The highest BCUT2D eigenvalue weighted by Gasteiger charge is 2.20. The third-order valence-corrected chi connectivity index (χ3v) is 4.90. The maximum atomic E-state index is 12.2. The van der Waals surface area contributed by atoms with E-state index in [4.69, 9.17) is 44.3 Å². The van der Waals surface area contributed by atoms with E-state index in [0.29, 0.717) is 21.6 Å². The van der Waals surface area contributed by atoms with Gasteiger partial charge in [-0.3, -0.25) is 4.79 Å². The molecule has 0 saturated carbocycles. The molecule has 0 aliphatic rings. The minimum absolute atomic E-state index is 0.125. The van der Waals surface area contributed by atoms with Crippen LogP contribution in [0.5, 0.6) is 5.75 Å². The maximum Gasteiger partial charge on any atom is 0.344 e. The summed E-state index contributed by atoms with van der Waals surface area (Å²) in [5.41, 5.74) is 1.47. The fraction of sp³-hybridized carbons (Fsp3) is 0.200. The van der Waals surface area contributed by atoms with Crippen LogP contribution in [0.2, 0.25) is 15.2 Å². The van der Waals surface area contributed by atoms with E-state index >= 15 is 0 Å². The number of hydrogen-bond donors (Lipinski definition) is 1. The molecule has 7 nitrogen and oxygen atoms in total. The van der Waals surface area contributed by atoms with Crippen LogP contribution < -0.4 is 10.1 Å². The normalized spacial score (nSPS) is 11.8. The summed E-state index contributed by atoms with van der Waals surface area (Å²) in [7, 11) is 0. The van der Waals surface area contributed by atoms with Gasteiger partial charge in [0.1, 0.15) is 5.52 Å². The Kier molecular flexibility index (Phi) is 6.97. The molecular formula is C20H16Cl3N3O4. The predicted octanol–water partition coefficient (Wildman–Crippen LogP) is 4.85. The Morgan fingerprint density at radius 2 is 1.93 bits per heavy atom. The second kappa shape index (κ2) is 9.47.